The molecule has 5 heteroatoms. The van der Waals surface area contributed by atoms with Crippen LogP contribution in [0, 0.1) is 6.92 Å². The zero-order valence-electron chi connectivity index (χ0n) is 10.4. The Bertz CT molecular complexity index is 531. The fourth-order valence-electron chi connectivity index (χ4n) is 1.58. The Morgan fingerprint density at radius 3 is 2.67 bits per heavy atom. The highest BCUT2D eigenvalue weighted by Crippen LogP contribution is 2.11. The molecule has 1 aromatic heterocycles. The van der Waals surface area contributed by atoms with Crippen LogP contribution in [-0.4, -0.2) is 23.2 Å². The summed E-state index contributed by atoms with van der Waals surface area (Å²) in [5.41, 5.74) is 2.54. The number of anilines is 1. The number of H-pyrrole nitrogens is 1. The number of ether oxygens (including phenoxy) is 1. The average molecular weight is 245 g/mol. The molecule has 0 aliphatic carbocycles. The van der Waals surface area contributed by atoms with Crippen molar-refractivity contribution in [2.24, 2.45) is 0 Å². The van der Waals surface area contributed by atoms with Gasteiger partial charge in [0.15, 0.2) is 0 Å². The number of hydrogen-bond acceptors (Lipinski definition) is 3. The number of carbonyl (C=O) groups excluding carboxylic acids is 1. The molecule has 1 heterocycles. The number of carbonyl (C=O) groups is 1. The van der Waals surface area contributed by atoms with Crippen molar-refractivity contribution in [3.63, 3.8) is 0 Å². The molecule has 0 radical (unpaired) electrons. The number of nitrogens with zero attached hydrogens (tertiary/aromatic N) is 1. The maximum Gasteiger partial charge on any atom is 0.256 e. The lowest BCUT2D eigenvalue weighted by Gasteiger charge is -2.05. The van der Waals surface area contributed by atoms with Crippen LogP contribution < -0.4 is 5.32 Å². The number of nitrogens with one attached hydrogen (secondary N) is 2. The Hall–Kier alpha value is -2.14. The number of rotatable bonds is 4. The van der Waals surface area contributed by atoms with Crippen LogP contribution >= 0.6 is 0 Å². The first-order valence-corrected chi connectivity index (χ1v) is 5.60. The van der Waals surface area contributed by atoms with Crippen LogP contribution in [0.2, 0.25) is 0 Å². The lowest BCUT2D eigenvalue weighted by Crippen LogP contribution is -2.12. The summed E-state index contributed by atoms with van der Waals surface area (Å²) >= 11 is 0. The molecule has 2 aromatic rings. The number of benzene rings is 1. The van der Waals surface area contributed by atoms with Gasteiger partial charge < -0.3 is 10.1 Å². The minimum Gasteiger partial charge on any atom is -0.380 e. The summed E-state index contributed by atoms with van der Waals surface area (Å²) in [7, 11) is 1.64. The van der Waals surface area contributed by atoms with Gasteiger partial charge in [-0.3, -0.25) is 9.89 Å². The first-order chi connectivity index (χ1) is 8.70. The van der Waals surface area contributed by atoms with Crippen molar-refractivity contribution in [1.29, 1.82) is 0 Å². The molecule has 0 saturated carbocycles. The molecule has 0 fully saturated rings. The highest BCUT2D eigenvalue weighted by Gasteiger charge is 2.08. The third-order valence-electron chi connectivity index (χ3n) is 2.59. The van der Waals surface area contributed by atoms with Crippen LogP contribution in [-0.2, 0) is 11.3 Å². The fourth-order valence-corrected chi connectivity index (χ4v) is 1.58. The Balaban J connectivity index is 2.07. The topological polar surface area (TPSA) is 67.0 Å². The van der Waals surface area contributed by atoms with Crippen LogP contribution in [0.4, 0.5) is 5.82 Å². The number of methoxy groups -OCH3 is 1. The fraction of sp³-hybridized carbons (Fsp3) is 0.231. The number of aryl methyl sites for hydroxylation is 1. The van der Waals surface area contributed by atoms with Crippen molar-refractivity contribution in [2.45, 2.75) is 13.5 Å². The number of hydrogen-bond donors (Lipinski definition) is 2. The smallest absolute Gasteiger partial charge is 0.256 e. The van der Waals surface area contributed by atoms with Crippen molar-refractivity contribution in [1.82, 2.24) is 10.2 Å². The van der Waals surface area contributed by atoms with E-state index in [9.17, 15) is 4.79 Å². The van der Waals surface area contributed by atoms with Gasteiger partial charge in [0.25, 0.3) is 5.91 Å². The van der Waals surface area contributed by atoms with Crippen LogP contribution in [0.5, 0.6) is 0 Å². The van der Waals surface area contributed by atoms with E-state index < -0.39 is 0 Å². The third-order valence-corrected chi connectivity index (χ3v) is 2.59. The molecular weight excluding hydrogens is 230 g/mol. The minimum absolute atomic E-state index is 0.161. The molecule has 0 unspecified atom stereocenters. The monoisotopic (exact) mass is 245 g/mol. The lowest BCUT2D eigenvalue weighted by atomic mass is 10.1. The van der Waals surface area contributed by atoms with Crippen LogP contribution in [0.3, 0.4) is 0 Å². The van der Waals surface area contributed by atoms with E-state index in [2.05, 4.69) is 15.5 Å². The van der Waals surface area contributed by atoms with Gasteiger partial charge in [0.05, 0.1) is 12.8 Å². The van der Waals surface area contributed by atoms with Gasteiger partial charge in [-0.1, -0.05) is 12.1 Å². The molecule has 94 valence electrons. The van der Waals surface area contributed by atoms with Crippen LogP contribution in [0.1, 0.15) is 21.5 Å². The van der Waals surface area contributed by atoms with Gasteiger partial charge in [0.2, 0.25) is 0 Å². The molecule has 1 amide bonds. The largest absolute Gasteiger partial charge is 0.380 e. The number of aromatic nitrogens is 2. The first kappa shape index (κ1) is 12.3. The van der Waals surface area contributed by atoms with Crippen LogP contribution in [0.25, 0.3) is 0 Å². The molecule has 0 spiro atoms. The summed E-state index contributed by atoms with van der Waals surface area (Å²) in [5, 5.41) is 9.36. The van der Waals surface area contributed by atoms with E-state index in [1.165, 1.54) is 0 Å². The molecule has 5 nitrogen and oxygen atoms in total. The average Bonchev–Trinajstić information content (AvgIpc) is 2.76. The quantitative estimate of drug-likeness (QED) is 0.867. The van der Waals surface area contributed by atoms with Gasteiger partial charge in [-0.05, 0) is 24.6 Å². The molecule has 0 aliphatic heterocycles. The number of aromatic amines is 1. The second-order valence-corrected chi connectivity index (χ2v) is 4.01. The molecule has 0 atom stereocenters. The molecule has 0 bridgehead atoms. The van der Waals surface area contributed by atoms with E-state index in [0.717, 1.165) is 11.1 Å². The summed E-state index contributed by atoms with van der Waals surface area (Å²) in [6.07, 6.45) is 1.66. The molecule has 18 heavy (non-hydrogen) atoms. The van der Waals surface area contributed by atoms with Gasteiger partial charge in [0.1, 0.15) is 5.82 Å². The highest BCUT2D eigenvalue weighted by atomic mass is 16.5. The summed E-state index contributed by atoms with van der Waals surface area (Å²) in [6.45, 7) is 2.42. The van der Waals surface area contributed by atoms with E-state index in [-0.39, 0.29) is 5.91 Å². The Kier molecular flexibility index (Phi) is 3.74. The molecule has 0 saturated heterocycles. The summed E-state index contributed by atoms with van der Waals surface area (Å²) in [6, 6.07) is 7.29. The third kappa shape index (κ3) is 2.75. The van der Waals surface area contributed by atoms with Crippen molar-refractivity contribution in [2.75, 3.05) is 12.4 Å². The standard InChI is InChI=1S/C13H15N3O2/c1-9-7-14-16-12(9)15-13(17)11-5-3-10(4-6-11)8-18-2/h3-7H,8H2,1-2H3,(H2,14,15,16,17). The van der Waals surface area contributed by atoms with Crippen molar-refractivity contribution < 1.29 is 9.53 Å². The van der Waals surface area contributed by atoms with Gasteiger partial charge in [-0.25, -0.2) is 0 Å². The van der Waals surface area contributed by atoms with Crippen molar-refractivity contribution >= 4 is 11.7 Å². The van der Waals surface area contributed by atoms with Crippen molar-refractivity contribution in [3.05, 3.63) is 47.2 Å². The SMILES string of the molecule is COCc1ccc(C(=O)Nc2[nH]ncc2C)cc1. The first-order valence-electron chi connectivity index (χ1n) is 5.60. The zero-order valence-corrected chi connectivity index (χ0v) is 10.4. The van der Waals surface area contributed by atoms with Gasteiger partial charge >= 0.3 is 0 Å². The Labute approximate surface area is 105 Å². The van der Waals surface area contributed by atoms with Gasteiger partial charge in [-0.2, -0.15) is 5.10 Å². The molecule has 0 aliphatic rings. The molecular formula is C13H15N3O2. The second kappa shape index (κ2) is 5.46. The van der Waals surface area contributed by atoms with Crippen molar-refractivity contribution in [3.8, 4) is 0 Å². The minimum atomic E-state index is -0.161. The molecule has 2 N–H and O–H groups in total. The van der Waals surface area contributed by atoms with E-state index in [4.69, 9.17) is 4.74 Å². The van der Waals surface area contributed by atoms with Gasteiger partial charge in [-0.15, -0.1) is 0 Å². The van der Waals surface area contributed by atoms with Gasteiger partial charge in [0, 0.05) is 18.2 Å². The summed E-state index contributed by atoms with van der Waals surface area (Å²) in [4.78, 5) is 11.9. The predicted molar refractivity (Wildman–Crippen MR) is 68.4 cm³/mol. The second-order valence-electron chi connectivity index (χ2n) is 4.01. The molecule has 2 rings (SSSR count). The summed E-state index contributed by atoms with van der Waals surface area (Å²) in [5.74, 6) is 0.465. The lowest BCUT2D eigenvalue weighted by molar-refractivity contribution is 0.102. The van der Waals surface area contributed by atoms with E-state index in [1.54, 1.807) is 25.4 Å². The van der Waals surface area contributed by atoms with E-state index in [1.807, 2.05) is 19.1 Å². The highest BCUT2D eigenvalue weighted by molar-refractivity contribution is 6.04. The van der Waals surface area contributed by atoms with E-state index in [0.29, 0.717) is 18.0 Å². The maximum atomic E-state index is 11.9. The normalized spacial score (nSPS) is 10.3. The Morgan fingerprint density at radius 1 is 1.39 bits per heavy atom. The predicted octanol–water partition coefficient (Wildman–Crippen LogP) is 2.12. The Morgan fingerprint density at radius 2 is 2.11 bits per heavy atom. The molecule has 1 aromatic carbocycles. The maximum absolute atomic E-state index is 11.9. The van der Waals surface area contributed by atoms with E-state index >= 15 is 0 Å². The number of amides is 1. The zero-order chi connectivity index (χ0) is 13.0. The van der Waals surface area contributed by atoms with Crippen LogP contribution in [0.15, 0.2) is 30.5 Å². The summed E-state index contributed by atoms with van der Waals surface area (Å²) < 4.78 is 5.02.